The van der Waals surface area contributed by atoms with Gasteiger partial charge in [-0.05, 0) is 89.7 Å². The van der Waals surface area contributed by atoms with Crippen molar-refractivity contribution in [3.05, 3.63) is 70.8 Å². The number of carboxylic acids is 1. The number of benzene rings is 1. The summed E-state index contributed by atoms with van der Waals surface area (Å²) in [7, 11) is 0. The summed E-state index contributed by atoms with van der Waals surface area (Å²) >= 11 is 0. The Balaban J connectivity index is 1.38. The molecule has 32 heavy (non-hydrogen) atoms. The number of hydrogen-bond donors (Lipinski definition) is 1. The van der Waals surface area contributed by atoms with Crippen LogP contribution in [0.15, 0.2) is 42.7 Å². The molecule has 0 saturated heterocycles. The first kappa shape index (κ1) is 21.0. The van der Waals surface area contributed by atoms with Crippen molar-refractivity contribution in [3.8, 4) is 0 Å². The van der Waals surface area contributed by atoms with Crippen LogP contribution in [0.1, 0.15) is 78.4 Å². The second-order valence-corrected chi connectivity index (χ2v) is 9.85. The monoisotopic (exact) mass is 433 g/mol. The Hall–Kier alpha value is -2.82. The Morgan fingerprint density at radius 3 is 2.81 bits per heavy atom. The van der Waals surface area contributed by atoms with Gasteiger partial charge in [0.05, 0.1) is 12.6 Å². The maximum atomic E-state index is 13.8. The predicted octanol–water partition coefficient (Wildman–Crippen LogP) is 5.82. The van der Waals surface area contributed by atoms with E-state index in [0.29, 0.717) is 23.3 Å². The number of carboxylic acid groups (broad SMARTS) is 1. The molecule has 1 N–H and O–H groups in total. The molecule has 5 heteroatoms. The molecule has 0 bridgehead atoms. The number of allylic oxidation sites excluding steroid dienone is 2. The van der Waals surface area contributed by atoms with Crippen molar-refractivity contribution in [2.24, 2.45) is 17.3 Å². The number of aliphatic carboxylic acids is 1. The minimum absolute atomic E-state index is 0.0425. The normalized spacial score (nSPS) is 28.3. The highest BCUT2D eigenvalue weighted by atomic mass is 19.1. The van der Waals surface area contributed by atoms with Gasteiger partial charge in [-0.15, -0.1) is 0 Å². The first-order valence-electron chi connectivity index (χ1n) is 11.6. The molecule has 0 radical (unpaired) electrons. The van der Waals surface area contributed by atoms with Gasteiger partial charge in [-0.3, -0.25) is 14.6 Å². The van der Waals surface area contributed by atoms with Gasteiger partial charge in [0.1, 0.15) is 5.82 Å². The van der Waals surface area contributed by atoms with E-state index in [4.69, 9.17) is 5.11 Å². The molecule has 4 nitrogen and oxygen atoms in total. The molecule has 1 aromatic carbocycles. The summed E-state index contributed by atoms with van der Waals surface area (Å²) < 4.78 is 13.8. The highest BCUT2D eigenvalue weighted by Gasteiger charge is 2.51. The predicted molar refractivity (Wildman–Crippen MR) is 120 cm³/mol. The molecule has 1 aromatic heterocycles. The van der Waals surface area contributed by atoms with E-state index in [-0.39, 0.29) is 29.9 Å². The lowest BCUT2D eigenvalue weighted by Crippen LogP contribution is -2.41. The molecule has 166 valence electrons. The average Bonchev–Trinajstić information content (AvgIpc) is 3.14. The molecule has 0 spiro atoms. The highest BCUT2D eigenvalue weighted by Crippen LogP contribution is 2.63. The van der Waals surface area contributed by atoms with Gasteiger partial charge in [-0.1, -0.05) is 25.1 Å². The van der Waals surface area contributed by atoms with E-state index < -0.39 is 5.97 Å². The number of carbonyl (C=O) groups excluding carboxylic acids is 1. The largest absolute Gasteiger partial charge is 0.481 e. The van der Waals surface area contributed by atoms with Crippen LogP contribution in [0.25, 0.3) is 5.57 Å². The van der Waals surface area contributed by atoms with Crippen molar-refractivity contribution in [2.45, 2.75) is 57.8 Å². The number of carbonyl (C=O) groups is 2. The first-order valence-corrected chi connectivity index (χ1v) is 11.6. The third kappa shape index (κ3) is 3.48. The van der Waals surface area contributed by atoms with Gasteiger partial charge in [-0.25, -0.2) is 4.39 Å². The number of pyridine rings is 1. The molecule has 0 aliphatic heterocycles. The van der Waals surface area contributed by atoms with Gasteiger partial charge < -0.3 is 5.11 Å². The van der Waals surface area contributed by atoms with Crippen molar-refractivity contribution >= 4 is 17.3 Å². The molecule has 4 atom stereocenters. The first-order chi connectivity index (χ1) is 15.4. The highest BCUT2D eigenvalue weighted by molar-refractivity contribution is 5.97. The second kappa shape index (κ2) is 7.95. The zero-order valence-electron chi connectivity index (χ0n) is 18.3. The molecule has 1 saturated carbocycles. The Labute approximate surface area is 187 Å². The fourth-order valence-corrected chi connectivity index (χ4v) is 6.69. The van der Waals surface area contributed by atoms with Crippen molar-refractivity contribution in [2.75, 3.05) is 0 Å². The standard InChI is InChI=1S/C27H28FNO3/c1-27-11-10-21-20-4-3-17(25(30)8-9-26(31)32)12-16(20)2-5-22(21)24(27)7-6-23(27)18-13-19(28)15-29-14-18/h3-4,6,12-15,21-22,24H,2,5,7-11H2,1H3,(H,31,32)/t21-,22-,24+,27-/m1/s1. The van der Waals surface area contributed by atoms with Crippen LogP contribution < -0.4 is 0 Å². The van der Waals surface area contributed by atoms with Crippen LogP contribution in [0, 0.1) is 23.1 Å². The zero-order valence-corrected chi connectivity index (χ0v) is 18.3. The minimum atomic E-state index is -0.942. The lowest BCUT2D eigenvalue weighted by Gasteiger charge is -2.50. The summed E-state index contributed by atoms with van der Waals surface area (Å²) in [5.74, 6) is 0.266. The third-order valence-electron chi connectivity index (χ3n) is 8.21. The molecule has 5 rings (SSSR count). The third-order valence-corrected chi connectivity index (χ3v) is 8.21. The molecule has 0 amide bonds. The second-order valence-electron chi connectivity index (χ2n) is 9.85. The quantitative estimate of drug-likeness (QED) is 0.604. The summed E-state index contributed by atoms with van der Waals surface area (Å²) in [6.07, 6.45) is 10.5. The van der Waals surface area contributed by atoms with Gasteiger partial charge in [0.2, 0.25) is 0 Å². The number of fused-ring (bicyclic) bond motifs is 5. The van der Waals surface area contributed by atoms with Crippen LogP contribution in [0.3, 0.4) is 0 Å². The van der Waals surface area contributed by atoms with E-state index in [9.17, 15) is 14.0 Å². The topological polar surface area (TPSA) is 67.3 Å². The van der Waals surface area contributed by atoms with Crippen molar-refractivity contribution in [1.82, 2.24) is 4.98 Å². The summed E-state index contributed by atoms with van der Waals surface area (Å²) in [5.41, 5.74) is 5.44. The molecular formula is C27H28FNO3. The maximum absolute atomic E-state index is 13.8. The van der Waals surface area contributed by atoms with Crippen LogP contribution in [0.4, 0.5) is 4.39 Å². The summed E-state index contributed by atoms with van der Waals surface area (Å²) in [6.45, 7) is 2.34. The molecule has 1 fully saturated rings. The molecule has 2 aromatic rings. The van der Waals surface area contributed by atoms with Gasteiger partial charge in [0, 0.05) is 18.2 Å². The molecular weight excluding hydrogens is 405 g/mol. The Morgan fingerprint density at radius 1 is 1.19 bits per heavy atom. The van der Waals surface area contributed by atoms with Crippen molar-refractivity contribution in [3.63, 3.8) is 0 Å². The fourth-order valence-electron chi connectivity index (χ4n) is 6.69. The van der Waals surface area contributed by atoms with Gasteiger partial charge in [0.25, 0.3) is 0 Å². The molecule has 3 aliphatic carbocycles. The van der Waals surface area contributed by atoms with Crippen LogP contribution in [-0.4, -0.2) is 21.8 Å². The van der Waals surface area contributed by atoms with Crippen molar-refractivity contribution in [1.29, 1.82) is 0 Å². The van der Waals surface area contributed by atoms with E-state index in [1.54, 1.807) is 12.3 Å². The SMILES string of the molecule is C[C@]12CC[C@@H]3c4ccc(C(=O)CCC(=O)O)cc4CC[C@H]3[C@@H]1CC=C2c1cncc(F)c1. The lowest BCUT2D eigenvalue weighted by atomic mass is 9.54. The number of halogens is 1. The van der Waals surface area contributed by atoms with E-state index in [1.807, 2.05) is 12.1 Å². The summed E-state index contributed by atoms with van der Waals surface area (Å²) in [4.78, 5) is 27.3. The number of hydrogen-bond acceptors (Lipinski definition) is 3. The van der Waals surface area contributed by atoms with E-state index >= 15 is 0 Å². The molecule has 0 unspecified atom stereocenters. The summed E-state index contributed by atoms with van der Waals surface area (Å²) in [5, 5.41) is 8.85. The van der Waals surface area contributed by atoms with Crippen LogP contribution >= 0.6 is 0 Å². The van der Waals surface area contributed by atoms with Gasteiger partial charge >= 0.3 is 5.97 Å². The van der Waals surface area contributed by atoms with Crippen LogP contribution in [0.5, 0.6) is 0 Å². The van der Waals surface area contributed by atoms with E-state index in [1.165, 1.54) is 22.9 Å². The van der Waals surface area contributed by atoms with Crippen molar-refractivity contribution < 1.29 is 19.1 Å². The number of Topliss-reactive ketones (excluding diaryl/α,β-unsaturated/α-hetero) is 1. The Kier molecular flexibility index (Phi) is 5.23. The fraction of sp³-hybridized carbons (Fsp3) is 0.444. The zero-order chi connectivity index (χ0) is 22.5. The van der Waals surface area contributed by atoms with E-state index in [0.717, 1.165) is 37.7 Å². The number of aryl methyl sites for hydroxylation is 1. The number of ketones is 1. The lowest BCUT2D eigenvalue weighted by molar-refractivity contribution is -0.136. The van der Waals surface area contributed by atoms with Crippen LogP contribution in [0.2, 0.25) is 0 Å². The van der Waals surface area contributed by atoms with E-state index in [2.05, 4.69) is 24.1 Å². The average molecular weight is 434 g/mol. The maximum Gasteiger partial charge on any atom is 0.303 e. The van der Waals surface area contributed by atoms with Crippen LogP contribution in [-0.2, 0) is 11.2 Å². The van der Waals surface area contributed by atoms with Gasteiger partial charge in [0.15, 0.2) is 5.78 Å². The number of aromatic nitrogens is 1. The van der Waals surface area contributed by atoms with Gasteiger partial charge in [-0.2, -0.15) is 0 Å². The number of rotatable bonds is 5. The molecule has 3 aliphatic rings. The summed E-state index contributed by atoms with van der Waals surface area (Å²) in [6, 6.07) is 7.61. The Bertz CT molecular complexity index is 1120. The smallest absolute Gasteiger partial charge is 0.303 e. The number of nitrogens with zero attached hydrogens (tertiary/aromatic N) is 1. The Morgan fingerprint density at radius 2 is 2.03 bits per heavy atom. The molecule has 1 heterocycles. The minimum Gasteiger partial charge on any atom is -0.481 e.